The Hall–Kier alpha value is -3.16. The van der Waals surface area contributed by atoms with Crippen molar-refractivity contribution < 1.29 is 4.79 Å². The third-order valence-corrected chi connectivity index (χ3v) is 6.14. The first-order valence-corrected chi connectivity index (χ1v) is 10.6. The van der Waals surface area contributed by atoms with Crippen molar-refractivity contribution in [2.45, 2.75) is 25.4 Å². The normalized spacial score (nSPS) is 15.1. The van der Waals surface area contributed by atoms with Crippen LogP contribution in [-0.4, -0.2) is 30.2 Å². The Morgan fingerprint density at radius 2 is 1.90 bits per heavy atom. The molecule has 4 aromatic rings. The Bertz CT molecular complexity index is 1240. The summed E-state index contributed by atoms with van der Waals surface area (Å²) in [6, 6.07) is 13.2. The van der Waals surface area contributed by atoms with Crippen LogP contribution in [0.25, 0.3) is 5.69 Å². The lowest BCUT2D eigenvalue weighted by Crippen LogP contribution is -2.32. The van der Waals surface area contributed by atoms with Crippen LogP contribution in [-0.2, 0) is 13.0 Å². The molecular formula is C22H18Cl2N6O. The van der Waals surface area contributed by atoms with Crippen LogP contribution in [0.2, 0.25) is 10.0 Å². The van der Waals surface area contributed by atoms with Crippen LogP contribution in [0, 0.1) is 0 Å². The molecule has 0 spiro atoms. The van der Waals surface area contributed by atoms with Gasteiger partial charge in [0.05, 0.1) is 12.6 Å². The van der Waals surface area contributed by atoms with Crippen molar-refractivity contribution in [1.29, 1.82) is 0 Å². The summed E-state index contributed by atoms with van der Waals surface area (Å²) in [4.78, 5) is 21.8. The average Bonchev–Trinajstić information content (AvgIpc) is 3.41. The highest BCUT2D eigenvalue weighted by atomic mass is 35.5. The fraction of sp³-hybridized carbons (Fsp3) is 0.182. The molecule has 0 saturated heterocycles. The smallest absolute Gasteiger partial charge is 0.289 e. The number of carbonyl (C=O) groups is 1. The molecule has 3 heterocycles. The van der Waals surface area contributed by atoms with E-state index in [4.69, 9.17) is 23.2 Å². The van der Waals surface area contributed by atoms with E-state index in [2.05, 4.69) is 32.5 Å². The summed E-state index contributed by atoms with van der Waals surface area (Å²) in [7, 11) is 0. The SMILES string of the molecule is O=C(NC1CCc2ccccc2-n2ccnc21)c1ncnn1Cc1c(Cl)cccc1Cl. The molecule has 0 aliphatic carbocycles. The molecule has 1 atom stereocenters. The summed E-state index contributed by atoms with van der Waals surface area (Å²) in [6.07, 6.45) is 6.57. The van der Waals surface area contributed by atoms with Gasteiger partial charge in [-0.25, -0.2) is 14.6 Å². The second-order valence-corrected chi connectivity index (χ2v) is 8.10. The standard InChI is InChI=1S/C22H18Cl2N6O/c23-16-5-3-6-17(24)15(16)12-30-21(26-13-27-30)22(31)28-18-9-8-14-4-1-2-7-19(14)29-11-10-25-20(18)29/h1-7,10-11,13,18H,8-9,12H2,(H,28,31). The number of benzene rings is 2. The van der Waals surface area contributed by atoms with Crippen LogP contribution in [0.15, 0.2) is 61.2 Å². The van der Waals surface area contributed by atoms with Crippen molar-refractivity contribution in [2.24, 2.45) is 0 Å². The number of aromatic nitrogens is 5. The van der Waals surface area contributed by atoms with E-state index < -0.39 is 0 Å². The number of nitrogens with zero attached hydrogens (tertiary/aromatic N) is 5. The van der Waals surface area contributed by atoms with Gasteiger partial charge in [0.25, 0.3) is 5.91 Å². The summed E-state index contributed by atoms with van der Waals surface area (Å²) in [5.74, 6) is 0.653. The number of hydrogen-bond acceptors (Lipinski definition) is 4. The molecule has 9 heteroatoms. The lowest BCUT2D eigenvalue weighted by molar-refractivity contribution is 0.0917. The molecule has 1 N–H and O–H groups in total. The van der Waals surface area contributed by atoms with Gasteiger partial charge in [-0.1, -0.05) is 47.5 Å². The fourth-order valence-electron chi connectivity index (χ4n) is 3.91. The van der Waals surface area contributed by atoms with E-state index >= 15 is 0 Å². The molecule has 156 valence electrons. The zero-order valence-electron chi connectivity index (χ0n) is 16.4. The number of imidazole rings is 1. The van der Waals surface area contributed by atoms with Gasteiger partial charge in [-0.2, -0.15) is 5.10 Å². The minimum atomic E-state index is -0.328. The van der Waals surface area contributed by atoms with Crippen LogP contribution in [0.1, 0.15) is 40.0 Å². The molecular weight excluding hydrogens is 435 g/mol. The van der Waals surface area contributed by atoms with Crippen molar-refractivity contribution in [3.63, 3.8) is 0 Å². The molecule has 5 rings (SSSR count). The van der Waals surface area contributed by atoms with E-state index in [1.807, 2.05) is 22.9 Å². The van der Waals surface area contributed by atoms with Crippen LogP contribution in [0.4, 0.5) is 0 Å². The van der Waals surface area contributed by atoms with E-state index in [0.717, 1.165) is 24.4 Å². The lowest BCUT2D eigenvalue weighted by Gasteiger charge is -2.17. The Morgan fingerprint density at radius 1 is 1.10 bits per heavy atom. The minimum Gasteiger partial charge on any atom is -0.339 e. The third-order valence-electron chi connectivity index (χ3n) is 5.43. The molecule has 1 aliphatic heterocycles. The monoisotopic (exact) mass is 452 g/mol. The van der Waals surface area contributed by atoms with Gasteiger partial charge in [0.15, 0.2) is 0 Å². The Kier molecular flexibility index (Phi) is 5.21. The zero-order valence-corrected chi connectivity index (χ0v) is 17.9. The molecule has 0 radical (unpaired) electrons. The topological polar surface area (TPSA) is 77.6 Å². The maximum Gasteiger partial charge on any atom is 0.289 e. The van der Waals surface area contributed by atoms with Gasteiger partial charge in [0.2, 0.25) is 5.82 Å². The summed E-state index contributed by atoms with van der Waals surface area (Å²) in [6.45, 7) is 0.242. The zero-order chi connectivity index (χ0) is 21.4. The molecule has 0 saturated carbocycles. The number of carbonyl (C=O) groups excluding carboxylic acids is 1. The predicted molar refractivity (Wildman–Crippen MR) is 118 cm³/mol. The van der Waals surface area contributed by atoms with E-state index in [9.17, 15) is 4.79 Å². The molecule has 7 nitrogen and oxygen atoms in total. The van der Waals surface area contributed by atoms with Crippen molar-refractivity contribution >= 4 is 29.1 Å². The Labute approximate surface area is 188 Å². The number of nitrogens with one attached hydrogen (secondary N) is 1. The van der Waals surface area contributed by atoms with Crippen LogP contribution in [0.3, 0.4) is 0 Å². The molecule has 2 aromatic heterocycles. The van der Waals surface area contributed by atoms with Crippen LogP contribution >= 0.6 is 23.2 Å². The van der Waals surface area contributed by atoms with Crippen molar-refractivity contribution in [3.8, 4) is 5.69 Å². The first-order valence-electron chi connectivity index (χ1n) is 9.85. The van der Waals surface area contributed by atoms with Gasteiger partial charge in [-0.05, 0) is 36.6 Å². The maximum atomic E-state index is 13.1. The summed E-state index contributed by atoms with van der Waals surface area (Å²) < 4.78 is 3.53. The Morgan fingerprint density at radius 3 is 2.74 bits per heavy atom. The van der Waals surface area contributed by atoms with E-state index in [0.29, 0.717) is 15.6 Å². The van der Waals surface area contributed by atoms with Crippen LogP contribution < -0.4 is 5.32 Å². The molecule has 1 amide bonds. The molecule has 2 aromatic carbocycles. The second kappa shape index (κ2) is 8.17. The number of aryl methyl sites for hydroxylation is 1. The van der Waals surface area contributed by atoms with Gasteiger partial charge in [0, 0.05) is 33.7 Å². The van der Waals surface area contributed by atoms with Gasteiger partial charge >= 0.3 is 0 Å². The number of hydrogen-bond donors (Lipinski definition) is 1. The molecule has 0 fully saturated rings. The lowest BCUT2D eigenvalue weighted by atomic mass is 10.1. The number of amides is 1. The third kappa shape index (κ3) is 3.71. The fourth-order valence-corrected chi connectivity index (χ4v) is 4.43. The number of fused-ring (bicyclic) bond motifs is 3. The van der Waals surface area contributed by atoms with Gasteiger partial charge in [0.1, 0.15) is 12.2 Å². The Balaban J connectivity index is 1.41. The van der Waals surface area contributed by atoms with Crippen LogP contribution in [0.5, 0.6) is 0 Å². The molecule has 1 unspecified atom stereocenters. The summed E-state index contributed by atoms with van der Waals surface area (Å²) >= 11 is 12.6. The highest BCUT2D eigenvalue weighted by molar-refractivity contribution is 6.36. The first-order chi connectivity index (χ1) is 15.1. The molecule has 1 aliphatic rings. The number of halogens is 2. The number of para-hydroxylation sites is 1. The van der Waals surface area contributed by atoms with E-state index in [1.165, 1.54) is 16.6 Å². The minimum absolute atomic E-state index is 0.191. The van der Waals surface area contributed by atoms with E-state index in [-0.39, 0.29) is 24.3 Å². The van der Waals surface area contributed by atoms with Gasteiger partial charge < -0.3 is 9.88 Å². The number of rotatable bonds is 4. The second-order valence-electron chi connectivity index (χ2n) is 7.29. The average molecular weight is 453 g/mol. The van der Waals surface area contributed by atoms with Crippen molar-refractivity contribution in [2.75, 3.05) is 0 Å². The van der Waals surface area contributed by atoms with Gasteiger partial charge in [-0.15, -0.1) is 0 Å². The van der Waals surface area contributed by atoms with E-state index in [1.54, 1.807) is 24.4 Å². The quantitative estimate of drug-likeness (QED) is 0.502. The predicted octanol–water partition coefficient (Wildman–Crippen LogP) is 4.24. The molecule has 0 bridgehead atoms. The summed E-state index contributed by atoms with van der Waals surface area (Å²) in [5.41, 5.74) is 2.99. The van der Waals surface area contributed by atoms with Crippen molar-refractivity contribution in [1.82, 2.24) is 29.6 Å². The largest absolute Gasteiger partial charge is 0.339 e. The van der Waals surface area contributed by atoms with Gasteiger partial charge in [-0.3, -0.25) is 4.79 Å². The highest BCUT2D eigenvalue weighted by Gasteiger charge is 2.26. The molecule has 31 heavy (non-hydrogen) atoms. The highest BCUT2D eigenvalue weighted by Crippen LogP contribution is 2.29. The summed E-state index contributed by atoms with van der Waals surface area (Å²) in [5, 5.41) is 8.31. The maximum absolute atomic E-state index is 13.1. The van der Waals surface area contributed by atoms with Crippen molar-refractivity contribution in [3.05, 3.63) is 94.0 Å². The first kappa shape index (κ1) is 19.8.